The van der Waals surface area contributed by atoms with Crippen molar-refractivity contribution in [3.63, 3.8) is 0 Å². The molecule has 2 aromatic carbocycles. The number of halogens is 2. The molecule has 0 fully saturated rings. The number of aliphatic hydroxyl groups is 1. The molecule has 0 unspecified atom stereocenters. The lowest BCUT2D eigenvalue weighted by Gasteiger charge is -2.09. The molecule has 1 N–H and O–H groups in total. The summed E-state index contributed by atoms with van der Waals surface area (Å²) in [5.41, 5.74) is 1.92. The van der Waals surface area contributed by atoms with E-state index >= 15 is 0 Å². The zero-order chi connectivity index (χ0) is 13.0. The first-order valence-corrected chi connectivity index (χ1v) is 6.62. The Labute approximate surface area is 119 Å². The van der Waals surface area contributed by atoms with E-state index in [1.54, 1.807) is 6.07 Å². The van der Waals surface area contributed by atoms with Gasteiger partial charge in [0, 0.05) is 4.47 Å². The van der Waals surface area contributed by atoms with Gasteiger partial charge >= 0.3 is 0 Å². The second kappa shape index (κ2) is 6.23. The molecular formula is C14H12BrClO2. The second-order valence-corrected chi connectivity index (χ2v) is 5.16. The van der Waals surface area contributed by atoms with Crippen molar-refractivity contribution in [3.8, 4) is 5.75 Å². The third-order valence-electron chi connectivity index (χ3n) is 2.49. The molecule has 0 saturated carbocycles. The lowest BCUT2D eigenvalue weighted by molar-refractivity contribution is 0.281. The third-order valence-corrected chi connectivity index (χ3v) is 3.30. The van der Waals surface area contributed by atoms with E-state index in [1.165, 1.54) is 0 Å². The molecule has 4 heteroatoms. The summed E-state index contributed by atoms with van der Waals surface area (Å²) >= 11 is 9.41. The molecule has 18 heavy (non-hydrogen) atoms. The third kappa shape index (κ3) is 3.48. The Kier molecular flexibility index (Phi) is 4.64. The molecule has 0 amide bonds. The molecule has 0 aliphatic carbocycles. The van der Waals surface area contributed by atoms with Gasteiger partial charge in [0.25, 0.3) is 0 Å². The predicted molar refractivity (Wildman–Crippen MR) is 75.8 cm³/mol. The first-order chi connectivity index (χ1) is 8.69. The Balaban J connectivity index is 2.04. The minimum absolute atomic E-state index is 0.0542. The van der Waals surface area contributed by atoms with Gasteiger partial charge in [-0.2, -0.15) is 0 Å². The Bertz CT molecular complexity index is 526. The highest BCUT2D eigenvalue weighted by Gasteiger charge is 2.03. The van der Waals surface area contributed by atoms with Crippen molar-refractivity contribution in [2.45, 2.75) is 13.2 Å². The van der Waals surface area contributed by atoms with Crippen LogP contribution in [0.1, 0.15) is 11.1 Å². The van der Waals surface area contributed by atoms with E-state index in [1.807, 2.05) is 36.4 Å². The van der Waals surface area contributed by atoms with Crippen LogP contribution in [0, 0.1) is 0 Å². The van der Waals surface area contributed by atoms with Crippen LogP contribution in [0.4, 0.5) is 0 Å². The van der Waals surface area contributed by atoms with Crippen LogP contribution in [0.15, 0.2) is 46.9 Å². The summed E-state index contributed by atoms with van der Waals surface area (Å²) in [6.45, 7) is 0.500. The van der Waals surface area contributed by atoms with Gasteiger partial charge in [0.1, 0.15) is 12.4 Å². The second-order valence-electron chi connectivity index (χ2n) is 3.84. The molecule has 0 saturated heterocycles. The quantitative estimate of drug-likeness (QED) is 0.913. The van der Waals surface area contributed by atoms with E-state index in [0.29, 0.717) is 17.4 Å². The maximum Gasteiger partial charge on any atom is 0.139 e. The molecule has 2 aromatic rings. The smallest absolute Gasteiger partial charge is 0.139 e. The largest absolute Gasteiger partial charge is 0.487 e. The summed E-state index contributed by atoms with van der Waals surface area (Å²) < 4.78 is 6.58. The summed E-state index contributed by atoms with van der Waals surface area (Å²) in [4.78, 5) is 0. The summed E-state index contributed by atoms with van der Waals surface area (Å²) in [6, 6.07) is 13.1. The molecule has 2 nitrogen and oxygen atoms in total. The molecule has 0 aromatic heterocycles. The van der Waals surface area contributed by atoms with Crippen LogP contribution in [0.3, 0.4) is 0 Å². The lowest BCUT2D eigenvalue weighted by atomic mass is 10.1. The zero-order valence-corrected chi connectivity index (χ0v) is 11.9. The maximum absolute atomic E-state index is 8.95. The number of ether oxygens (including phenoxy) is 1. The van der Waals surface area contributed by atoms with Crippen LogP contribution in [-0.4, -0.2) is 5.11 Å². The van der Waals surface area contributed by atoms with Gasteiger partial charge in [-0.15, -0.1) is 0 Å². The first-order valence-electron chi connectivity index (χ1n) is 5.45. The topological polar surface area (TPSA) is 29.5 Å². The monoisotopic (exact) mass is 326 g/mol. The van der Waals surface area contributed by atoms with Crippen molar-refractivity contribution in [1.29, 1.82) is 0 Å². The molecular weight excluding hydrogens is 316 g/mol. The molecule has 0 atom stereocenters. The first kappa shape index (κ1) is 13.4. The highest BCUT2D eigenvalue weighted by molar-refractivity contribution is 9.10. The number of rotatable bonds is 4. The van der Waals surface area contributed by atoms with Crippen molar-refractivity contribution in [2.24, 2.45) is 0 Å². The predicted octanol–water partition coefficient (Wildman–Crippen LogP) is 4.17. The van der Waals surface area contributed by atoms with Crippen molar-refractivity contribution in [3.05, 3.63) is 63.1 Å². The van der Waals surface area contributed by atoms with Crippen LogP contribution in [0.25, 0.3) is 0 Å². The number of hydrogen-bond donors (Lipinski definition) is 1. The van der Waals surface area contributed by atoms with Gasteiger partial charge in [0.2, 0.25) is 0 Å². The number of benzene rings is 2. The molecule has 0 heterocycles. The van der Waals surface area contributed by atoms with Crippen LogP contribution in [-0.2, 0) is 13.2 Å². The fourth-order valence-electron chi connectivity index (χ4n) is 1.49. The minimum atomic E-state index is 0.0542. The molecule has 0 spiro atoms. The standard InChI is InChI=1S/C14H12BrClO2/c15-12-5-6-13(16)14(7-12)18-9-11-3-1-10(8-17)2-4-11/h1-7,17H,8-9H2. The van der Waals surface area contributed by atoms with E-state index < -0.39 is 0 Å². The molecule has 94 valence electrons. The molecule has 0 aliphatic heterocycles. The highest BCUT2D eigenvalue weighted by Crippen LogP contribution is 2.28. The lowest BCUT2D eigenvalue weighted by Crippen LogP contribution is -1.96. The zero-order valence-electron chi connectivity index (χ0n) is 9.57. The van der Waals surface area contributed by atoms with Gasteiger partial charge < -0.3 is 9.84 Å². The van der Waals surface area contributed by atoms with Crippen molar-refractivity contribution < 1.29 is 9.84 Å². The van der Waals surface area contributed by atoms with Gasteiger partial charge in [-0.1, -0.05) is 51.8 Å². The van der Waals surface area contributed by atoms with Gasteiger partial charge in [0.05, 0.1) is 11.6 Å². The Morgan fingerprint density at radius 1 is 1.06 bits per heavy atom. The van der Waals surface area contributed by atoms with Crippen LogP contribution < -0.4 is 4.74 Å². The summed E-state index contributed by atoms with van der Waals surface area (Å²) in [5.74, 6) is 0.650. The molecule has 0 aliphatic rings. The van der Waals surface area contributed by atoms with E-state index in [-0.39, 0.29) is 6.61 Å². The summed E-state index contributed by atoms with van der Waals surface area (Å²) in [5, 5.41) is 9.54. The van der Waals surface area contributed by atoms with E-state index in [4.69, 9.17) is 21.4 Å². The van der Waals surface area contributed by atoms with E-state index in [0.717, 1.165) is 15.6 Å². The van der Waals surface area contributed by atoms with E-state index in [9.17, 15) is 0 Å². The molecule has 0 bridgehead atoms. The van der Waals surface area contributed by atoms with Crippen LogP contribution in [0.5, 0.6) is 5.75 Å². The fraction of sp³-hybridized carbons (Fsp3) is 0.143. The average Bonchev–Trinajstić information content (AvgIpc) is 2.40. The minimum Gasteiger partial charge on any atom is -0.487 e. The SMILES string of the molecule is OCc1ccc(COc2cc(Br)ccc2Cl)cc1. The molecule has 0 radical (unpaired) electrons. The van der Waals surface area contributed by atoms with Gasteiger partial charge in [-0.3, -0.25) is 0 Å². The normalized spacial score (nSPS) is 10.4. The Morgan fingerprint density at radius 2 is 1.72 bits per heavy atom. The van der Waals surface area contributed by atoms with Crippen molar-refractivity contribution in [1.82, 2.24) is 0 Å². The van der Waals surface area contributed by atoms with Gasteiger partial charge in [0.15, 0.2) is 0 Å². The Hall–Kier alpha value is -1.03. The molecule has 2 rings (SSSR count). The van der Waals surface area contributed by atoms with Crippen LogP contribution >= 0.6 is 27.5 Å². The van der Waals surface area contributed by atoms with E-state index in [2.05, 4.69) is 15.9 Å². The van der Waals surface area contributed by atoms with Crippen LogP contribution in [0.2, 0.25) is 5.02 Å². The fourth-order valence-corrected chi connectivity index (χ4v) is 2.00. The number of aliphatic hydroxyl groups excluding tert-OH is 1. The number of hydrogen-bond acceptors (Lipinski definition) is 2. The van der Waals surface area contributed by atoms with Crippen molar-refractivity contribution in [2.75, 3.05) is 0 Å². The Morgan fingerprint density at radius 3 is 2.39 bits per heavy atom. The van der Waals surface area contributed by atoms with Crippen molar-refractivity contribution >= 4 is 27.5 Å². The van der Waals surface area contributed by atoms with Gasteiger partial charge in [-0.25, -0.2) is 0 Å². The summed E-state index contributed by atoms with van der Waals surface area (Å²) in [7, 11) is 0. The highest BCUT2D eigenvalue weighted by atomic mass is 79.9. The van der Waals surface area contributed by atoms with Gasteiger partial charge in [-0.05, 0) is 29.3 Å². The average molecular weight is 328 g/mol. The summed E-state index contributed by atoms with van der Waals surface area (Å²) in [6.07, 6.45) is 0. The maximum atomic E-state index is 8.95.